The minimum absolute atomic E-state index is 0.159. The van der Waals surface area contributed by atoms with E-state index in [2.05, 4.69) is 13.2 Å². The highest BCUT2D eigenvalue weighted by molar-refractivity contribution is 5.94. The van der Waals surface area contributed by atoms with Crippen molar-refractivity contribution >= 4 is 11.9 Å². The highest BCUT2D eigenvalue weighted by atomic mass is 16.5. The number of morpholine rings is 1. The van der Waals surface area contributed by atoms with Gasteiger partial charge in [0.25, 0.3) is 0 Å². The summed E-state index contributed by atoms with van der Waals surface area (Å²) in [6, 6.07) is 9.28. The van der Waals surface area contributed by atoms with Crippen molar-refractivity contribution in [2.45, 2.75) is 31.3 Å². The summed E-state index contributed by atoms with van der Waals surface area (Å²) in [4.78, 5) is 26.4. The molecule has 1 aromatic carbocycles. The Kier molecular flexibility index (Phi) is 4.81. The lowest BCUT2D eigenvalue weighted by Gasteiger charge is -2.47. The standard InChI is InChI=1S/C18H21NO3/c1-4-6-12-18(3)17(21)22-13-15(19(18)16(20)5-2)14-10-8-7-9-11-14/h4-5,7-11,15H,1-2,6,12-13H2,3H3/t15-,18-/m0/s1. The van der Waals surface area contributed by atoms with E-state index < -0.39 is 5.54 Å². The maximum atomic E-state index is 12.4. The third-order valence-corrected chi connectivity index (χ3v) is 4.09. The van der Waals surface area contributed by atoms with Crippen LogP contribution < -0.4 is 0 Å². The summed E-state index contributed by atoms with van der Waals surface area (Å²) in [5.74, 6) is -0.645. The van der Waals surface area contributed by atoms with Crippen molar-refractivity contribution in [3.63, 3.8) is 0 Å². The molecule has 1 fully saturated rings. The van der Waals surface area contributed by atoms with Crippen molar-refractivity contribution in [2.24, 2.45) is 0 Å². The first kappa shape index (κ1) is 16.0. The Morgan fingerprint density at radius 3 is 2.68 bits per heavy atom. The van der Waals surface area contributed by atoms with Gasteiger partial charge in [-0.05, 0) is 31.4 Å². The maximum Gasteiger partial charge on any atom is 0.331 e. The molecular formula is C18H21NO3. The fourth-order valence-electron chi connectivity index (χ4n) is 2.85. The van der Waals surface area contributed by atoms with Crippen LogP contribution >= 0.6 is 0 Å². The topological polar surface area (TPSA) is 46.6 Å². The van der Waals surface area contributed by atoms with Crippen molar-refractivity contribution < 1.29 is 14.3 Å². The second kappa shape index (κ2) is 6.60. The molecule has 4 nitrogen and oxygen atoms in total. The maximum absolute atomic E-state index is 12.4. The minimum Gasteiger partial charge on any atom is -0.461 e. The van der Waals surface area contributed by atoms with Crippen molar-refractivity contribution in [1.29, 1.82) is 0 Å². The van der Waals surface area contributed by atoms with Crippen LogP contribution in [0.15, 0.2) is 55.6 Å². The van der Waals surface area contributed by atoms with E-state index in [4.69, 9.17) is 4.74 Å². The van der Waals surface area contributed by atoms with E-state index in [-0.39, 0.29) is 24.5 Å². The number of hydrogen-bond donors (Lipinski definition) is 0. The summed E-state index contributed by atoms with van der Waals surface area (Å²) in [5, 5.41) is 0. The van der Waals surface area contributed by atoms with Gasteiger partial charge in [-0.3, -0.25) is 4.79 Å². The number of benzene rings is 1. The first-order chi connectivity index (χ1) is 10.5. The Morgan fingerprint density at radius 2 is 2.09 bits per heavy atom. The number of ether oxygens (including phenoxy) is 1. The first-order valence-electron chi connectivity index (χ1n) is 7.33. The second-order valence-electron chi connectivity index (χ2n) is 5.54. The molecule has 2 rings (SSSR count). The number of allylic oxidation sites excluding steroid dienone is 1. The molecule has 0 spiro atoms. The fraction of sp³-hybridized carbons (Fsp3) is 0.333. The zero-order chi connectivity index (χ0) is 16.2. The van der Waals surface area contributed by atoms with Crippen molar-refractivity contribution in [2.75, 3.05) is 6.61 Å². The lowest BCUT2D eigenvalue weighted by atomic mass is 9.88. The van der Waals surface area contributed by atoms with Gasteiger partial charge in [-0.2, -0.15) is 0 Å². The Bertz CT molecular complexity index is 581. The SMILES string of the molecule is C=CCC[C@@]1(C)C(=O)OC[C@@H](c2ccccc2)N1C(=O)C=C. The predicted octanol–water partition coefficient (Wildman–Crippen LogP) is 3.02. The molecular weight excluding hydrogens is 278 g/mol. The number of carbonyl (C=O) groups excluding carboxylic acids is 2. The number of amides is 1. The van der Waals surface area contributed by atoms with Gasteiger partial charge < -0.3 is 9.64 Å². The van der Waals surface area contributed by atoms with Crippen molar-refractivity contribution in [3.05, 3.63) is 61.2 Å². The van der Waals surface area contributed by atoms with E-state index in [1.165, 1.54) is 6.08 Å². The number of hydrogen-bond acceptors (Lipinski definition) is 3. The number of nitrogens with zero attached hydrogens (tertiary/aromatic N) is 1. The summed E-state index contributed by atoms with van der Waals surface area (Å²) in [7, 11) is 0. The van der Waals surface area contributed by atoms with Crippen LogP contribution in [0.2, 0.25) is 0 Å². The van der Waals surface area contributed by atoms with Gasteiger partial charge in [0.05, 0.1) is 6.04 Å². The monoisotopic (exact) mass is 299 g/mol. The Labute approximate surface area is 131 Å². The molecule has 1 aliphatic heterocycles. The molecule has 0 unspecified atom stereocenters. The van der Waals surface area contributed by atoms with Crippen LogP contribution in [0.3, 0.4) is 0 Å². The van der Waals surface area contributed by atoms with Gasteiger partial charge in [0, 0.05) is 0 Å². The predicted molar refractivity (Wildman–Crippen MR) is 85.0 cm³/mol. The molecule has 0 aromatic heterocycles. The average Bonchev–Trinajstić information content (AvgIpc) is 2.55. The van der Waals surface area contributed by atoms with Gasteiger partial charge in [-0.15, -0.1) is 6.58 Å². The van der Waals surface area contributed by atoms with E-state index in [0.717, 1.165) is 5.56 Å². The summed E-state index contributed by atoms with van der Waals surface area (Å²) in [6.45, 7) is 9.17. The molecule has 2 atom stereocenters. The molecule has 0 radical (unpaired) electrons. The van der Waals surface area contributed by atoms with E-state index in [1.807, 2.05) is 30.3 Å². The van der Waals surface area contributed by atoms with Crippen LogP contribution in [-0.2, 0) is 14.3 Å². The second-order valence-corrected chi connectivity index (χ2v) is 5.54. The van der Waals surface area contributed by atoms with Gasteiger partial charge in [0.1, 0.15) is 12.1 Å². The molecule has 4 heteroatoms. The van der Waals surface area contributed by atoms with Crippen molar-refractivity contribution in [1.82, 2.24) is 4.90 Å². The zero-order valence-corrected chi connectivity index (χ0v) is 12.8. The van der Waals surface area contributed by atoms with E-state index in [1.54, 1.807) is 17.9 Å². The number of rotatable bonds is 5. The van der Waals surface area contributed by atoms with Gasteiger partial charge in [0.15, 0.2) is 0 Å². The van der Waals surface area contributed by atoms with Crippen LogP contribution in [0.1, 0.15) is 31.4 Å². The lowest BCUT2D eigenvalue weighted by molar-refractivity contribution is -0.179. The van der Waals surface area contributed by atoms with Gasteiger partial charge in [-0.25, -0.2) is 4.79 Å². The molecule has 22 heavy (non-hydrogen) atoms. The molecule has 1 saturated heterocycles. The highest BCUT2D eigenvalue weighted by Crippen LogP contribution is 2.37. The molecule has 0 bridgehead atoms. The molecule has 0 aliphatic carbocycles. The van der Waals surface area contributed by atoms with E-state index in [9.17, 15) is 9.59 Å². The molecule has 1 amide bonds. The normalized spacial score (nSPS) is 24.5. The van der Waals surface area contributed by atoms with E-state index >= 15 is 0 Å². The van der Waals surface area contributed by atoms with Crippen LogP contribution in [0, 0.1) is 0 Å². The fourth-order valence-corrected chi connectivity index (χ4v) is 2.85. The highest BCUT2D eigenvalue weighted by Gasteiger charge is 2.49. The van der Waals surface area contributed by atoms with Crippen LogP contribution in [0.25, 0.3) is 0 Å². The summed E-state index contributed by atoms with van der Waals surface area (Å²) in [5.41, 5.74) is -0.0758. The summed E-state index contributed by atoms with van der Waals surface area (Å²) in [6.07, 6.45) is 4.08. The van der Waals surface area contributed by atoms with E-state index in [0.29, 0.717) is 12.8 Å². The van der Waals surface area contributed by atoms with Gasteiger partial charge >= 0.3 is 5.97 Å². The van der Waals surface area contributed by atoms with Crippen LogP contribution in [0.5, 0.6) is 0 Å². The Hall–Kier alpha value is -2.36. The van der Waals surface area contributed by atoms with Gasteiger partial charge in [-0.1, -0.05) is 43.0 Å². The molecule has 0 N–H and O–H groups in total. The largest absolute Gasteiger partial charge is 0.461 e. The number of cyclic esters (lactones) is 1. The van der Waals surface area contributed by atoms with Crippen molar-refractivity contribution in [3.8, 4) is 0 Å². The summed E-state index contributed by atoms with van der Waals surface area (Å²) < 4.78 is 5.38. The first-order valence-corrected chi connectivity index (χ1v) is 7.33. The molecule has 1 aromatic rings. The smallest absolute Gasteiger partial charge is 0.331 e. The quantitative estimate of drug-likeness (QED) is 0.477. The minimum atomic E-state index is -1.02. The third kappa shape index (κ3) is 2.82. The Balaban J connectivity index is 2.46. The van der Waals surface area contributed by atoms with Crippen LogP contribution in [-0.4, -0.2) is 28.9 Å². The zero-order valence-electron chi connectivity index (χ0n) is 12.8. The molecule has 116 valence electrons. The average molecular weight is 299 g/mol. The van der Waals surface area contributed by atoms with Crippen LogP contribution in [0.4, 0.5) is 0 Å². The summed E-state index contributed by atoms with van der Waals surface area (Å²) >= 11 is 0. The molecule has 1 aliphatic rings. The molecule has 0 saturated carbocycles. The Morgan fingerprint density at radius 1 is 1.41 bits per heavy atom. The lowest BCUT2D eigenvalue weighted by Crippen LogP contribution is -2.61. The molecule has 1 heterocycles. The third-order valence-electron chi connectivity index (χ3n) is 4.09. The number of carbonyl (C=O) groups is 2. The number of esters is 1. The van der Waals surface area contributed by atoms with Gasteiger partial charge in [0.2, 0.25) is 5.91 Å².